The Balaban J connectivity index is 1.60. The van der Waals surface area contributed by atoms with Crippen molar-refractivity contribution >= 4 is 39.3 Å². The number of anilines is 1. The Hall–Kier alpha value is -2.19. The summed E-state index contributed by atoms with van der Waals surface area (Å²) in [6.45, 7) is 1.97. The minimum absolute atomic E-state index is 0.148. The third-order valence-corrected chi connectivity index (χ3v) is 4.83. The molecule has 25 heavy (non-hydrogen) atoms. The second-order valence-corrected chi connectivity index (χ2v) is 7.06. The number of nitrogens with zero attached hydrogens (tertiary/aromatic N) is 2. The van der Waals surface area contributed by atoms with E-state index in [0.717, 1.165) is 10.0 Å². The second-order valence-electron chi connectivity index (χ2n) is 5.27. The van der Waals surface area contributed by atoms with Crippen molar-refractivity contribution in [2.24, 2.45) is 0 Å². The lowest BCUT2D eigenvalue weighted by atomic mass is 10.2. The zero-order chi connectivity index (χ0) is 17.8. The second kappa shape index (κ2) is 7.79. The van der Waals surface area contributed by atoms with E-state index >= 15 is 0 Å². The lowest BCUT2D eigenvalue weighted by molar-refractivity contribution is -0.113. The smallest absolute Gasteiger partial charge is 0.234 e. The maximum Gasteiger partial charge on any atom is 0.234 e. The Bertz CT molecular complexity index is 915. The van der Waals surface area contributed by atoms with Gasteiger partial charge in [0.15, 0.2) is 5.82 Å². The molecule has 8 heteroatoms. The number of amides is 1. The summed E-state index contributed by atoms with van der Waals surface area (Å²) < 4.78 is 14.6. The van der Waals surface area contributed by atoms with E-state index in [9.17, 15) is 9.18 Å². The molecule has 0 atom stereocenters. The number of rotatable bonds is 5. The van der Waals surface area contributed by atoms with Gasteiger partial charge in [-0.1, -0.05) is 30.0 Å². The first-order valence-corrected chi connectivity index (χ1v) is 9.17. The molecule has 3 aromatic rings. The SMILES string of the molecule is Cc1ccc(NC(=O)CSc2n[nH]c(-c3ccccc3F)n2)c(Br)c1. The molecule has 0 spiro atoms. The van der Waals surface area contributed by atoms with Crippen molar-refractivity contribution in [3.05, 3.63) is 58.3 Å². The summed E-state index contributed by atoms with van der Waals surface area (Å²) >= 11 is 4.60. The number of benzene rings is 2. The van der Waals surface area contributed by atoms with Gasteiger partial charge in [0.05, 0.1) is 17.0 Å². The van der Waals surface area contributed by atoms with Crippen LogP contribution in [0.15, 0.2) is 52.1 Å². The van der Waals surface area contributed by atoms with Crippen molar-refractivity contribution in [3.63, 3.8) is 0 Å². The predicted molar refractivity (Wildman–Crippen MR) is 100 cm³/mol. The minimum atomic E-state index is -0.378. The van der Waals surface area contributed by atoms with Crippen LogP contribution in [-0.4, -0.2) is 26.8 Å². The van der Waals surface area contributed by atoms with E-state index in [-0.39, 0.29) is 17.5 Å². The van der Waals surface area contributed by atoms with Gasteiger partial charge in [-0.05, 0) is 52.7 Å². The molecule has 0 unspecified atom stereocenters. The number of carbonyl (C=O) groups excluding carboxylic acids is 1. The number of aromatic amines is 1. The Morgan fingerprint density at radius 1 is 1.32 bits per heavy atom. The molecule has 1 aromatic heterocycles. The average molecular weight is 421 g/mol. The lowest BCUT2D eigenvalue weighted by Crippen LogP contribution is -2.14. The van der Waals surface area contributed by atoms with Crippen LogP contribution in [0.25, 0.3) is 11.4 Å². The normalized spacial score (nSPS) is 10.7. The first kappa shape index (κ1) is 17.6. The number of thioether (sulfide) groups is 1. The van der Waals surface area contributed by atoms with Crippen molar-refractivity contribution < 1.29 is 9.18 Å². The Morgan fingerprint density at radius 2 is 2.12 bits per heavy atom. The van der Waals surface area contributed by atoms with E-state index in [0.29, 0.717) is 22.2 Å². The number of aromatic nitrogens is 3. The van der Waals surface area contributed by atoms with Crippen LogP contribution in [0.2, 0.25) is 0 Å². The Kier molecular flexibility index (Phi) is 5.50. The van der Waals surface area contributed by atoms with Gasteiger partial charge in [-0.25, -0.2) is 9.37 Å². The number of carbonyl (C=O) groups is 1. The zero-order valence-corrected chi connectivity index (χ0v) is 15.6. The molecular formula is C17H14BrFN4OS. The Labute approximate surface area is 156 Å². The van der Waals surface area contributed by atoms with Crippen molar-refractivity contribution in [1.82, 2.24) is 15.2 Å². The van der Waals surface area contributed by atoms with Gasteiger partial charge in [-0.3, -0.25) is 9.89 Å². The summed E-state index contributed by atoms with van der Waals surface area (Å²) in [5.41, 5.74) is 2.15. The highest BCUT2D eigenvalue weighted by atomic mass is 79.9. The van der Waals surface area contributed by atoms with E-state index in [1.165, 1.54) is 17.8 Å². The van der Waals surface area contributed by atoms with Gasteiger partial charge in [0, 0.05) is 4.47 Å². The van der Waals surface area contributed by atoms with E-state index in [4.69, 9.17) is 0 Å². The fourth-order valence-electron chi connectivity index (χ4n) is 2.12. The number of halogens is 2. The van der Waals surface area contributed by atoms with Crippen LogP contribution in [0.5, 0.6) is 0 Å². The van der Waals surface area contributed by atoms with Crippen molar-refractivity contribution in [2.75, 3.05) is 11.1 Å². The highest BCUT2D eigenvalue weighted by Crippen LogP contribution is 2.24. The van der Waals surface area contributed by atoms with Crippen LogP contribution in [-0.2, 0) is 4.79 Å². The molecule has 0 fully saturated rings. The van der Waals surface area contributed by atoms with Crippen molar-refractivity contribution in [1.29, 1.82) is 0 Å². The molecule has 0 aliphatic rings. The molecule has 1 heterocycles. The standard InChI is InChI=1S/C17H14BrFN4OS/c1-10-6-7-14(12(18)8-10)20-15(24)9-25-17-21-16(22-23-17)11-4-2-3-5-13(11)19/h2-8H,9H2,1H3,(H,20,24)(H,21,22,23). The molecule has 0 aliphatic heterocycles. The maximum atomic E-state index is 13.7. The van der Waals surface area contributed by atoms with E-state index in [2.05, 4.69) is 36.4 Å². The molecule has 0 bridgehead atoms. The third-order valence-electron chi connectivity index (χ3n) is 3.32. The van der Waals surface area contributed by atoms with Gasteiger partial charge in [-0.2, -0.15) is 0 Å². The van der Waals surface area contributed by atoms with Crippen LogP contribution in [0.3, 0.4) is 0 Å². The van der Waals surface area contributed by atoms with E-state index < -0.39 is 0 Å². The van der Waals surface area contributed by atoms with Crippen molar-refractivity contribution in [2.45, 2.75) is 12.1 Å². The van der Waals surface area contributed by atoms with Crippen LogP contribution in [0.1, 0.15) is 5.56 Å². The maximum absolute atomic E-state index is 13.7. The zero-order valence-electron chi connectivity index (χ0n) is 13.2. The molecule has 0 saturated carbocycles. The number of nitrogens with one attached hydrogen (secondary N) is 2. The van der Waals surface area contributed by atoms with Crippen LogP contribution in [0, 0.1) is 12.7 Å². The summed E-state index contributed by atoms with van der Waals surface area (Å²) in [5.74, 6) is -0.0687. The van der Waals surface area contributed by atoms with Gasteiger partial charge in [-0.15, -0.1) is 5.10 Å². The molecule has 1 amide bonds. The third kappa shape index (κ3) is 4.46. The van der Waals surface area contributed by atoms with E-state index in [1.54, 1.807) is 18.2 Å². The fraction of sp³-hybridized carbons (Fsp3) is 0.118. The van der Waals surface area contributed by atoms with E-state index in [1.807, 2.05) is 25.1 Å². The van der Waals surface area contributed by atoms with Gasteiger partial charge >= 0.3 is 0 Å². The van der Waals surface area contributed by atoms with Crippen LogP contribution < -0.4 is 5.32 Å². The quantitative estimate of drug-likeness (QED) is 0.599. The highest BCUT2D eigenvalue weighted by molar-refractivity contribution is 9.10. The summed E-state index contributed by atoms with van der Waals surface area (Å²) in [6, 6.07) is 12.0. The molecular weight excluding hydrogens is 407 g/mol. The number of hydrogen-bond acceptors (Lipinski definition) is 4. The highest BCUT2D eigenvalue weighted by Gasteiger charge is 2.12. The molecule has 0 saturated heterocycles. The molecule has 5 nitrogen and oxygen atoms in total. The molecule has 0 aliphatic carbocycles. The number of H-pyrrole nitrogens is 1. The van der Waals surface area contributed by atoms with Crippen LogP contribution in [0.4, 0.5) is 10.1 Å². The first-order valence-electron chi connectivity index (χ1n) is 7.39. The molecule has 2 aromatic carbocycles. The summed E-state index contributed by atoms with van der Waals surface area (Å²) in [4.78, 5) is 16.3. The topological polar surface area (TPSA) is 70.7 Å². The molecule has 128 valence electrons. The summed E-state index contributed by atoms with van der Waals surface area (Å²) in [5, 5.41) is 9.91. The fourth-order valence-corrected chi connectivity index (χ4v) is 3.31. The van der Waals surface area contributed by atoms with Gasteiger partial charge in [0.2, 0.25) is 11.1 Å². The first-order chi connectivity index (χ1) is 12.0. The minimum Gasteiger partial charge on any atom is -0.324 e. The van der Waals surface area contributed by atoms with Crippen molar-refractivity contribution in [3.8, 4) is 11.4 Å². The molecule has 3 rings (SSSR count). The number of aryl methyl sites for hydroxylation is 1. The largest absolute Gasteiger partial charge is 0.324 e. The monoisotopic (exact) mass is 420 g/mol. The summed E-state index contributed by atoms with van der Waals surface area (Å²) in [6.07, 6.45) is 0. The van der Waals surface area contributed by atoms with Crippen LogP contribution >= 0.6 is 27.7 Å². The number of hydrogen-bond donors (Lipinski definition) is 2. The Morgan fingerprint density at radius 3 is 2.88 bits per heavy atom. The molecule has 0 radical (unpaired) electrons. The average Bonchev–Trinajstić information content (AvgIpc) is 3.05. The lowest BCUT2D eigenvalue weighted by Gasteiger charge is -2.07. The summed E-state index contributed by atoms with van der Waals surface area (Å²) in [7, 11) is 0. The van der Waals surface area contributed by atoms with Gasteiger partial charge in [0.1, 0.15) is 5.82 Å². The van der Waals surface area contributed by atoms with Gasteiger partial charge in [0.25, 0.3) is 0 Å². The van der Waals surface area contributed by atoms with Gasteiger partial charge < -0.3 is 5.32 Å². The molecule has 2 N–H and O–H groups in total. The predicted octanol–water partition coefficient (Wildman–Crippen LogP) is 4.41.